The first-order valence-electron chi connectivity index (χ1n) is 6.79. The van der Waals surface area contributed by atoms with Gasteiger partial charge in [-0.15, -0.1) is 0 Å². The molecule has 0 bridgehead atoms. The summed E-state index contributed by atoms with van der Waals surface area (Å²) in [5.41, 5.74) is 3.80. The van der Waals surface area contributed by atoms with Gasteiger partial charge >= 0.3 is 5.97 Å². The molecule has 0 unspecified atom stereocenters. The van der Waals surface area contributed by atoms with Crippen molar-refractivity contribution in [3.05, 3.63) is 65.0 Å². The molecule has 0 radical (unpaired) electrons. The predicted molar refractivity (Wildman–Crippen MR) is 102 cm³/mol. The van der Waals surface area contributed by atoms with Crippen molar-refractivity contribution in [3.8, 4) is 0 Å². The third-order valence-electron chi connectivity index (χ3n) is 3.69. The van der Waals surface area contributed by atoms with Crippen LogP contribution in [-0.4, -0.2) is 5.97 Å². The zero-order valence-corrected chi connectivity index (χ0v) is 17.5. The number of carbonyl (C=O) groups is 1. The largest absolute Gasteiger partial charge is 0.457 e. The van der Waals surface area contributed by atoms with Gasteiger partial charge in [0.1, 0.15) is 6.61 Å². The lowest BCUT2D eigenvalue weighted by Gasteiger charge is -2.13. The van der Waals surface area contributed by atoms with Gasteiger partial charge in [-0.2, -0.15) is 0 Å². The summed E-state index contributed by atoms with van der Waals surface area (Å²) in [4.78, 5) is 12.4. The molecule has 0 N–H and O–H groups in total. The normalized spacial score (nSPS) is 10.7. The molecule has 0 saturated heterocycles. The molecule has 6 heteroatoms. The van der Waals surface area contributed by atoms with Crippen LogP contribution in [0.15, 0.2) is 27.1 Å². The van der Waals surface area contributed by atoms with Crippen molar-refractivity contribution in [2.45, 2.75) is 27.4 Å². The van der Waals surface area contributed by atoms with Gasteiger partial charge in [0, 0.05) is 19.0 Å². The maximum atomic E-state index is 12.4. The number of benzene rings is 2. The molecule has 0 aliphatic heterocycles. The van der Waals surface area contributed by atoms with Gasteiger partial charge in [0.05, 0.1) is 5.56 Å². The second-order valence-electron chi connectivity index (χ2n) is 5.22. The van der Waals surface area contributed by atoms with Gasteiger partial charge in [0.2, 0.25) is 0 Å². The smallest absolute Gasteiger partial charge is 0.338 e. The van der Waals surface area contributed by atoms with Gasteiger partial charge in [-0.25, -0.2) is 4.79 Å². The third-order valence-corrected chi connectivity index (χ3v) is 5.93. The van der Waals surface area contributed by atoms with E-state index in [2.05, 4.69) is 31.9 Å². The van der Waals surface area contributed by atoms with Crippen LogP contribution in [0.4, 0.5) is 0 Å². The highest BCUT2D eigenvalue weighted by molar-refractivity contribution is 9.10. The molecule has 122 valence electrons. The van der Waals surface area contributed by atoms with Gasteiger partial charge in [-0.05, 0) is 61.2 Å². The Morgan fingerprint density at radius 2 is 1.70 bits per heavy atom. The molecule has 23 heavy (non-hydrogen) atoms. The highest BCUT2D eigenvalue weighted by atomic mass is 79.9. The summed E-state index contributed by atoms with van der Waals surface area (Å²) in [5.74, 6) is -0.416. The van der Waals surface area contributed by atoms with E-state index in [0.29, 0.717) is 21.2 Å². The molecule has 0 saturated carbocycles. The fourth-order valence-corrected chi connectivity index (χ4v) is 3.75. The lowest BCUT2D eigenvalue weighted by Crippen LogP contribution is -2.09. The molecule has 0 spiro atoms. The minimum absolute atomic E-state index is 0.145. The molecular weight excluding hydrogens is 467 g/mol. The minimum atomic E-state index is -0.416. The Balaban J connectivity index is 2.25. The molecular formula is C17H14Br2Cl2O2. The molecule has 0 aromatic heterocycles. The van der Waals surface area contributed by atoms with Crippen molar-refractivity contribution in [1.82, 2.24) is 0 Å². The van der Waals surface area contributed by atoms with Crippen LogP contribution in [0.5, 0.6) is 0 Å². The number of halogens is 4. The van der Waals surface area contributed by atoms with Crippen LogP contribution < -0.4 is 0 Å². The lowest BCUT2D eigenvalue weighted by atomic mass is 10.1. The summed E-state index contributed by atoms with van der Waals surface area (Å²) in [6.07, 6.45) is 0. The van der Waals surface area contributed by atoms with Gasteiger partial charge in [-0.1, -0.05) is 55.1 Å². The first-order valence-corrected chi connectivity index (χ1v) is 9.13. The summed E-state index contributed by atoms with van der Waals surface area (Å²) in [6.45, 7) is 5.73. The van der Waals surface area contributed by atoms with Crippen molar-refractivity contribution in [1.29, 1.82) is 0 Å². The molecule has 2 aromatic carbocycles. The summed E-state index contributed by atoms with van der Waals surface area (Å²) < 4.78 is 7.06. The lowest BCUT2D eigenvalue weighted by molar-refractivity contribution is 0.0471. The van der Waals surface area contributed by atoms with Crippen molar-refractivity contribution in [2.24, 2.45) is 0 Å². The Bertz CT molecular complexity index is 789. The third kappa shape index (κ3) is 4.11. The quantitative estimate of drug-likeness (QED) is 0.451. The molecule has 2 rings (SSSR count). The Morgan fingerprint density at radius 3 is 2.35 bits per heavy atom. The monoisotopic (exact) mass is 478 g/mol. The minimum Gasteiger partial charge on any atom is -0.457 e. The highest BCUT2D eigenvalue weighted by Gasteiger charge is 2.17. The number of hydrogen-bond acceptors (Lipinski definition) is 2. The molecule has 0 aliphatic carbocycles. The molecule has 2 aromatic rings. The average Bonchev–Trinajstić information content (AvgIpc) is 2.50. The van der Waals surface area contributed by atoms with Gasteiger partial charge in [0.25, 0.3) is 0 Å². The van der Waals surface area contributed by atoms with Crippen molar-refractivity contribution in [3.63, 3.8) is 0 Å². The second-order valence-corrected chi connectivity index (χ2v) is 7.77. The van der Waals surface area contributed by atoms with Crippen LogP contribution in [0.25, 0.3) is 0 Å². The van der Waals surface area contributed by atoms with Crippen LogP contribution in [0.1, 0.15) is 32.6 Å². The molecule has 2 nitrogen and oxygen atoms in total. The van der Waals surface area contributed by atoms with Crippen LogP contribution in [0.2, 0.25) is 10.0 Å². The first-order chi connectivity index (χ1) is 10.7. The fraction of sp³-hybridized carbons (Fsp3) is 0.235. The highest BCUT2D eigenvalue weighted by Crippen LogP contribution is 2.31. The van der Waals surface area contributed by atoms with Crippen molar-refractivity contribution < 1.29 is 9.53 Å². The Morgan fingerprint density at radius 1 is 1.04 bits per heavy atom. The van der Waals surface area contributed by atoms with E-state index >= 15 is 0 Å². The molecule has 0 aliphatic rings. The van der Waals surface area contributed by atoms with Crippen LogP contribution >= 0.6 is 55.1 Å². The maximum absolute atomic E-state index is 12.4. The summed E-state index contributed by atoms with van der Waals surface area (Å²) >= 11 is 19.2. The maximum Gasteiger partial charge on any atom is 0.338 e. The fourth-order valence-electron chi connectivity index (χ4n) is 2.13. The van der Waals surface area contributed by atoms with E-state index < -0.39 is 5.97 Å². The molecule has 0 fully saturated rings. The average molecular weight is 481 g/mol. The Hall–Kier alpha value is -0.550. The topological polar surface area (TPSA) is 26.3 Å². The van der Waals surface area contributed by atoms with E-state index in [0.717, 1.165) is 25.6 Å². The van der Waals surface area contributed by atoms with Crippen LogP contribution in [-0.2, 0) is 11.3 Å². The number of rotatable bonds is 3. The zero-order chi connectivity index (χ0) is 17.3. The summed E-state index contributed by atoms with van der Waals surface area (Å²) in [5, 5.41) is 1.19. The summed E-state index contributed by atoms with van der Waals surface area (Å²) in [6, 6.07) is 5.43. The standard InChI is InChI=1S/C17H14Br2Cl2O2/c1-8-11(4-12(18)5-15(8)20)7-23-17(22)13-6-14(19)10(3)16(21)9(13)2/h4-6H,7H2,1-3H3. The van der Waals surface area contributed by atoms with E-state index in [9.17, 15) is 4.79 Å². The van der Waals surface area contributed by atoms with E-state index in [1.165, 1.54) is 0 Å². The van der Waals surface area contributed by atoms with Gasteiger partial charge in [-0.3, -0.25) is 0 Å². The molecule has 0 amide bonds. The van der Waals surface area contributed by atoms with E-state index in [-0.39, 0.29) is 6.61 Å². The Labute approximate surface area is 162 Å². The number of ether oxygens (including phenoxy) is 1. The molecule has 0 atom stereocenters. The molecule has 0 heterocycles. The second kappa shape index (κ2) is 7.56. The Kier molecular flexibility index (Phi) is 6.17. The van der Waals surface area contributed by atoms with Crippen LogP contribution in [0, 0.1) is 20.8 Å². The van der Waals surface area contributed by atoms with E-state index in [4.69, 9.17) is 27.9 Å². The van der Waals surface area contributed by atoms with Gasteiger partial charge < -0.3 is 4.74 Å². The van der Waals surface area contributed by atoms with E-state index in [1.54, 1.807) is 13.0 Å². The summed E-state index contributed by atoms with van der Waals surface area (Å²) in [7, 11) is 0. The van der Waals surface area contributed by atoms with Crippen molar-refractivity contribution in [2.75, 3.05) is 0 Å². The number of carbonyl (C=O) groups excluding carboxylic acids is 1. The SMILES string of the molecule is Cc1c(Cl)cc(Br)cc1COC(=O)c1cc(Br)c(C)c(Cl)c1C. The number of hydrogen-bond donors (Lipinski definition) is 0. The predicted octanol–water partition coefficient (Wildman–Crippen LogP) is 6.80. The number of esters is 1. The van der Waals surface area contributed by atoms with Gasteiger partial charge in [0.15, 0.2) is 0 Å². The van der Waals surface area contributed by atoms with Crippen molar-refractivity contribution >= 4 is 61.0 Å². The first kappa shape index (κ1) is 18.8. The van der Waals surface area contributed by atoms with E-state index in [1.807, 2.05) is 26.0 Å². The zero-order valence-electron chi connectivity index (χ0n) is 12.8. The van der Waals surface area contributed by atoms with Crippen LogP contribution in [0.3, 0.4) is 0 Å².